The van der Waals surface area contributed by atoms with E-state index in [-0.39, 0.29) is 10.5 Å². The molecule has 0 aliphatic heterocycles. The Hall–Kier alpha value is -0.883. The largest absolute Gasteiger partial charge is 0.468 e. The monoisotopic (exact) mass is 466 g/mol. The van der Waals surface area contributed by atoms with E-state index in [1.54, 1.807) is 0 Å². The van der Waals surface area contributed by atoms with Gasteiger partial charge in [0.2, 0.25) is 0 Å². The molecule has 0 bridgehead atoms. The highest BCUT2D eigenvalue weighted by atomic mass is 28.4. The molecule has 3 aliphatic carbocycles. The maximum Gasteiger partial charge on any atom is 0.320 e. The van der Waals surface area contributed by atoms with E-state index in [1.165, 1.54) is 59.2 Å². The molecule has 0 aromatic heterocycles. The van der Waals surface area contributed by atoms with E-state index in [0.717, 1.165) is 6.42 Å². The fraction of sp³-hybridized carbons (Fsp3) is 0.923. The first-order valence-electron chi connectivity index (χ1n) is 12.6. The van der Waals surface area contributed by atoms with Crippen LogP contribution in [0.25, 0.3) is 0 Å². The van der Waals surface area contributed by atoms with E-state index in [2.05, 4.69) is 40.8 Å². The van der Waals surface area contributed by atoms with Crippen molar-refractivity contribution in [3.05, 3.63) is 0 Å². The SMILES string of the molecule is COC(=O)C(CCC1(C2CCC3C(O[Si](C)(C)C(C)(C)C)CCC[C@@]32C)CC1)C(=O)OC. The molecule has 184 valence electrons. The second kappa shape index (κ2) is 9.05. The van der Waals surface area contributed by atoms with Crippen LogP contribution in [0, 0.1) is 28.6 Å². The molecule has 0 amide bonds. The van der Waals surface area contributed by atoms with Gasteiger partial charge in [0.1, 0.15) is 0 Å². The van der Waals surface area contributed by atoms with E-state index in [0.29, 0.717) is 29.8 Å². The van der Waals surface area contributed by atoms with Crippen LogP contribution in [0.5, 0.6) is 0 Å². The molecular formula is C26H46O5Si. The van der Waals surface area contributed by atoms with Crippen LogP contribution >= 0.6 is 0 Å². The number of methoxy groups -OCH3 is 2. The number of esters is 2. The van der Waals surface area contributed by atoms with E-state index >= 15 is 0 Å². The number of ether oxygens (including phenoxy) is 2. The molecule has 32 heavy (non-hydrogen) atoms. The minimum absolute atomic E-state index is 0.230. The van der Waals surface area contributed by atoms with Gasteiger partial charge in [0.15, 0.2) is 14.2 Å². The van der Waals surface area contributed by atoms with Gasteiger partial charge < -0.3 is 13.9 Å². The number of carbonyl (C=O) groups is 2. The summed E-state index contributed by atoms with van der Waals surface area (Å²) in [6.07, 6.45) is 10.5. The highest BCUT2D eigenvalue weighted by molar-refractivity contribution is 6.74. The quantitative estimate of drug-likeness (QED) is 0.245. The van der Waals surface area contributed by atoms with Crippen molar-refractivity contribution in [3.63, 3.8) is 0 Å². The molecule has 3 rings (SSSR count). The van der Waals surface area contributed by atoms with Gasteiger partial charge in [0, 0.05) is 6.10 Å². The summed E-state index contributed by atoms with van der Waals surface area (Å²) in [5, 5.41) is 0.230. The fourth-order valence-corrected chi connectivity index (χ4v) is 8.20. The Kier molecular flexibility index (Phi) is 7.28. The van der Waals surface area contributed by atoms with Crippen molar-refractivity contribution in [2.75, 3.05) is 14.2 Å². The maximum absolute atomic E-state index is 12.2. The van der Waals surface area contributed by atoms with Gasteiger partial charge in [-0.25, -0.2) is 0 Å². The Morgan fingerprint density at radius 1 is 1.00 bits per heavy atom. The van der Waals surface area contributed by atoms with Crippen molar-refractivity contribution in [1.82, 2.24) is 0 Å². The molecule has 0 saturated heterocycles. The number of hydrogen-bond donors (Lipinski definition) is 0. The standard InChI is InChI=1S/C26H46O5Si/c1-24(2,3)32(7,8)31-20-10-9-14-25(4)19(20)11-12-21(25)26(16-17-26)15-13-18(22(27)29-5)23(28)30-6/h18-21H,9-17H2,1-8H3/t19?,20?,21?,25-/m0/s1. The van der Waals surface area contributed by atoms with Crippen LogP contribution in [-0.2, 0) is 23.5 Å². The molecule has 0 heterocycles. The van der Waals surface area contributed by atoms with Gasteiger partial charge in [0.25, 0.3) is 0 Å². The molecule has 0 radical (unpaired) electrons. The Morgan fingerprint density at radius 3 is 2.09 bits per heavy atom. The molecule has 0 aromatic rings. The van der Waals surface area contributed by atoms with Crippen LogP contribution < -0.4 is 0 Å². The van der Waals surface area contributed by atoms with E-state index in [4.69, 9.17) is 13.9 Å². The Balaban J connectivity index is 1.73. The molecule has 0 spiro atoms. The molecule has 5 nitrogen and oxygen atoms in total. The van der Waals surface area contributed by atoms with Crippen LogP contribution in [0.3, 0.4) is 0 Å². The smallest absolute Gasteiger partial charge is 0.320 e. The predicted octanol–water partition coefficient (Wildman–Crippen LogP) is 6.12. The zero-order chi connectivity index (χ0) is 23.9. The lowest BCUT2D eigenvalue weighted by Gasteiger charge is -2.50. The number of carbonyl (C=O) groups excluding carboxylic acids is 2. The molecular weight excluding hydrogens is 420 g/mol. The summed E-state index contributed by atoms with van der Waals surface area (Å²) in [4.78, 5) is 24.4. The molecule has 3 unspecified atom stereocenters. The third-order valence-electron chi connectivity index (χ3n) is 9.85. The summed E-state index contributed by atoms with van der Waals surface area (Å²) in [6, 6.07) is 0. The summed E-state index contributed by atoms with van der Waals surface area (Å²) < 4.78 is 16.8. The minimum Gasteiger partial charge on any atom is -0.468 e. The van der Waals surface area contributed by atoms with Gasteiger partial charge in [0.05, 0.1) is 14.2 Å². The average molecular weight is 467 g/mol. The summed E-state index contributed by atoms with van der Waals surface area (Å²) >= 11 is 0. The lowest BCUT2D eigenvalue weighted by Crippen LogP contribution is -2.50. The van der Waals surface area contributed by atoms with Crippen molar-refractivity contribution in [2.45, 2.75) is 110 Å². The molecule has 3 aliphatic rings. The maximum atomic E-state index is 12.2. The highest BCUT2D eigenvalue weighted by Crippen LogP contribution is 2.69. The van der Waals surface area contributed by atoms with Gasteiger partial charge >= 0.3 is 11.9 Å². The molecule has 0 aromatic carbocycles. The first-order valence-corrected chi connectivity index (χ1v) is 15.6. The number of rotatable bonds is 8. The lowest BCUT2D eigenvalue weighted by molar-refractivity contribution is -0.159. The summed E-state index contributed by atoms with van der Waals surface area (Å²) in [6.45, 7) is 14.3. The fourth-order valence-electron chi connectivity index (χ4n) is 6.80. The normalized spacial score (nSPS) is 31.8. The van der Waals surface area contributed by atoms with Crippen molar-refractivity contribution in [2.24, 2.45) is 28.6 Å². The van der Waals surface area contributed by atoms with Crippen LogP contribution in [0.1, 0.15) is 85.5 Å². The van der Waals surface area contributed by atoms with Crippen LogP contribution in [-0.4, -0.2) is 40.6 Å². The van der Waals surface area contributed by atoms with Crippen molar-refractivity contribution < 1.29 is 23.5 Å². The molecule has 3 saturated carbocycles. The third-order valence-corrected chi connectivity index (χ3v) is 14.4. The Bertz CT molecular complexity index is 691. The average Bonchev–Trinajstić information content (AvgIpc) is 3.40. The minimum atomic E-state index is -1.80. The number of fused-ring (bicyclic) bond motifs is 1. The summed E-state index contributed by atoms with van der Waals surface area (Å²) in [7, 11) is 0.887. The van der Waals surface area contributed by atoms with Crippen molar-refractivity contribution >= 4 is 20.3 Å². The third kappa shape index (κ3) is 4.68. The zero-order valence-electron chi connectivity index (χ0n) is 21.7. The van der Waals surface area contributed by atoms with Crippen LogP contribution in [0.4, 0.5) is 0 Å². The Morgan fingerprint density at radius 2 is 1.59 bits per heavy atom. The lowest BCUT2D eigenvalue weighted by atomic mass is 9.60. The van der Waals surface area contributed by atoms with E-state index < -0.39 is 26.2 Å². The molecule has 3 fully saturated rings. The van der Waals surface area contributed by atoms with Crippen molar-refractivity contribution in [1.29, 1.82) is 0 Å². The van der Waals surface area contributed by atoms with Crippen LogP contribution in [0.2, 0.25) is 18.1 Å². The van der Waals surface area contributed by atoms with Crippen molar-refractivity contribution in [3.8, 4) is 0 Å². The van der Waals surface area contributed by atoms with Gasteiger partial charge in [-0.2, -0.15) is 0 Å². The zero-order valence-corrected chi connectivity index (χ0v) is 22.7. The van der Waals surface area contributed by atoms with Gasteiger partial charge in [-0.05, 0) is 92.2 Å². The second-order valence-corrected chi connectivity index (χ2v) is 17.3. The Labute approximate surface area is 196 Å². The highest BCUT2D eigenvalue weighted by Gasteiger charge is 2.62. The predicted molar refractivity (Wildman–Crippen MR) is 129 cm³/mol. The summed E-state index contributed by atoms with van der Waals surface area (Å²) in [5.74, 6) is -0.451. The second-order valence-electron chi connectivity index (χ2n) is 12.6. The molecule has 0 N–H and O–H groups in total. The first kappa shape index (κ1) is 25.7. The van der Waals surface area contributed by atoms with Gasteiger partial charge in [-0.1, -0.05) is 34.1 Å². The number of hydrogen-bond acceptors (Lipinski definition) is 5. The van der Waals surface area contributed by atoms with E-state index in [9.17, 15) is 9.59 Å². The van der Waals surface area contributed by atoms with Gasteiger partial charge in [-0.15, -0.1) is 0 Å². The van der Waals surface area contributed by atoms with Gasteiger partial charge in [-0.3, -0.25) is 9.59 Å². The topological polar surface area (TPSA) is 61.8 Å². The van der Waals surface area contributed by atoms with E-state index in [1.807, 2.05) is 0 Å². The molecule has 4 atom stereocenters. The molecule has 6 heteroatoms. The van der Waals surface area contributed by atoms with Crippen LogP contribution in [0.15, 0.2) is 0 Å². The summed E-state index contributed by atoms with van der Waals surface area (Å²) in [5.41, 5.74) is 0.566. The first-order chi connectivity index (χ1) is 14.8.